The molecule has 0 unspecified atom stereocenters. The Morgan fingerprint density at radius 3 is 2.64 bits per heavy atom. The first kappa shape index (κ1) is 14.5. The zero-order valence-corrected chi connectivity index (χ0v) is 12.9. The Labute approximate surface area is 130 Å². The Hall–Kier alpha value is -2.43. The van der Waals surface area contributed by atoms with Crippen LogP contribution in [0.25, 0.3) is 11.3 Å². The van der Waals surface area contributed by atoms with E-state index in [9.17, 15) is 4.79 Å². The lowest BCUT2D eigenvalue weighted by Gasteiger charge is -2.39. The summed E-state index contributed by atoms with van der Waals surface area (Å²) in [4.78, 5) is 22.7. The Balaban J connectivity index is 1.67. The van der Waals surface area contributed by atoms with Crippen LogP contribution in [0.15, 0.2) is 42.7 Å². The molecule has 114 valence electrons. The maximum Gasteiger partial charge on any atom is 0.226 e. The summed E-state index contributed by atoms with van der Waals surface area (Å²) in [6.45, 7) is 5.38. The van der Waals surface area contributed by atoms with Gasteiger partial charge in [0.1, 0.15) is 12.1 Å². The molecule has 0 saturated carbocycles. The highest BCUT2D eigenvalue weighted by Gasteiger charge is 2.33. The minimum atomic E-state index is 0.0533. The fourth-order valence-corrected chi connectivity index (χ4v) is 2.52. The molecule has 1 aliphatic heterocycles. The van der Waals surface area contributed by atoms with Gasteiger partial charge in [-0.25, -0.2) is 9.97 Å². The van der Waals surface area contributed by atoms with Crippen LogP contribution in [0.3, 0.4) is 0 Å². The van der Waals surface area contributed by atoms with Crippen molar-refractivity contribution < 1.29 is 4.79 Å². The second kappa shape index (κ2) is 6.13. The van der Waals surface area contributed by atoms with E-state index in [0.717, 1.165) is 17.1 Å². The second-order valence-corrected chi connectivity index (χ2v) is 5.89. The maximum absolute atomic E-state index is 11.9. The van der Waals surface area contributed by atoms with E-state index in [2.05, 4.69) is 20.2 Å². The number of rotatable bonds is 4. The van der Waals surface area contributed by atoms with Crippen molar-refractivity contribution in [1.29, 1.82) is 0 Å². The highest BCUT2D eigenvalue weighted by molar-refractivity contribution is 5.82. The van der Waals surface area contributed by atoms with Gasteiger partial charge in [0.05, 0.1) is 11.6 Å². The SMILES string of the molecule is CC(C)NC(=O)C1CN(c2cc(-c3ccccc3)ncn2)C1. The number of hydrogen-bond acceptors (Lipinski definition) is 4. The van der Waals surface area contributed by atoms with E-state index >= 15 is 0 Å². The predicted octanol–water partition coefficient (Wildman–Crippen LogP) is 2.10. The molecule has 3 rings (SSSR count). The van der Waals surface area contributed by atoms with Gasteiger partial charge in [0.15, 0.2) is 0 Å². The van der Waals surface area contributed by atoms with Gasteiger partial charge >= 0.3 is 0 Å². The highest BCUT2D eigenvalue weighted by atomic mass is 16.2. The molecular weight excluding hydrogens is 276 g/mol. The zero-order chi connectivity index (χ0) is 15.5. The van der Waals surface area contributed by atoms with Crippen molar-refractivity contribution in [3.8, 4) is 11.3 Å². The molecule has 0 radical (unpaired) electrons. The lowest BCUT2D eigenvalue weighted by molar-refractivity contribution is -0.126. The normalized spacial score (nSPS) is 14.8. The number of hydrogen-bond donors (Lipinski definition) is 1. The predicted molar refractivity (Wildman–Crippen MR) is 86.4 cm³/mol. The Kier molecular flexibility index (Phi) is 4.04. The molecule has 5 heteroatoms. The molecule has 22 heavy (non-hydrogen) atoms. The van der Waals surface area contributed by atoms with Gasteiger partial charge in [0.25, 0.3) is 0 Å². The van der Waals surface area contributed by atoms with Crippen molar-refractivity contribution in [3.05, 3.63) is 42.7 Å². The van der Waals surface area contributed by atoms with Crippen LogP contribution >= 0.6 is 0 Å². The van der Waals surface area contributed by atoms with Crippen molar-refractivity contribution in [2.45, 2.75) is 19.9 Å². The monoisotopic (exact) mass is 296 g/mol. The summed E-state index contributed by atoms with van der Waals surface area (Å²) in [6, 6.07) is 12.2. The topological polar surface area (TPSA) is 58.1 Å². The van der Waals surface area contributed by atoms with Crippen LogP contribution in [0, 0.1) is 5.92 Å². The summed E-state index contributed by atoms with van der Waals surface area (Å²) in [6.07, 6.45) is 1.58. The van der Waals surface area contributed by atoms with Crippen molar-refractivity contribution in [2.75, 3.05) is 18.0 Å². The van der Waals surface area contributed by atoms with Gasteiger partial charge in [-0.2, -0.15) is 0 Å². The molecule has 1 saturated heterocycles. The largest absolute Gasteiger partial charge is 0.355 e. The summed E-state index contributed by atoms with van der Waals surface area (Å²) in [5, 5.41) is 2.96. The Morgan fingerprint density at radius 2 is 1.95 bits per heavy atom. The summed E-state index contributed by atoms with van der Waals surface area (Å²) >= 11 is 0. The third-order valence-corrected chi connectivity index (χ3v) is 3.73. The van der Waals surface area contributed by atoms with Crippen LogP contribution in [-0.4, -0.2) is 35.0 Å². The Bertz CT molecular complexity index is 651. The lowest BCUT2D eigenvalue weighted by Crippen LogP contribution is -2.55. The van der Waals surface area contributed by atoms with Gasteiger partial charge in [-0.05, 0) is 13.8 Å². The van der Waals surface area contributed by atoms with Crippen molar-refractivity contribution in [3.63, 3.8) is 0 Å². The van der Waals surface area contributed by atoms with E-state index in [1.807, 2.05) is 50.2 Å². The summed E-state index contributed by atoms with van der Waals surface area (Å²) in [5.74, 6) is 1.06. The minimum absolute atomic E-state index is 0.0533. The summed E-state index contributed by atoms with van der Waals surface area (Å²) in [5.41, 5.74) is 1.97. The van der Waals surface area contributed by atoms with Gasteiger partial charge in [-0.3, -0.25) is 4.79 Å². The van der Waals surface area contributed by atoms with E-state index in [-0.39, 0.29) is 17.9 Å². The molecule has 2 heterocycles. The van der Waals surface area contributed by atoms with Gasteiger partial charge in [0.2, 0.25) is 5.91 Å². The van der Waals surface area contributed by atoms with Crippen molar-refractivity contribution >= 4 is 11.7 Å². The van der Waals surface area contributed by atoms with Crippen LogP contribution in [0.1, 0.15) is 13.8 Å². The van der Waals surface area contributed by atoms with Gasteiger partial charge in [-0.1, -0.05) is 30.3 Å². The fraction of sp³-hybridized carbons (Fsp3) is 0.353. The third-order valence-electron chi connectivity index (χ3n) is 3.73. The van der Waals surface area contributed by atoms with Crippen molar-refractivity contribution in [2.24, 2.45) is 5.92 Å². The number of nitrogens with one attached hydrogen (secondary N) is 1. The van der Waals surface area contributed by atoms with E-state index in [4.69, 9.17) is 0 Å². The second-order valence-electron chi connectivity index (χ2n) is 5.89. The zero-order valence-electron chi connectivity index (χ0n) is 12.9. The molecule has 0 aliphatic carbocycles. The molecule has 1 aliphatic rings. The number of benzene rings is 1. The molecule has 1 N–H and O–H groups in total. The Morgan fingerprint density at radius 1 is 1.23 bits per heavy atom. The average Bonchev–Trinajstić information content (AvgIpc) is 2.46. The van der Waals surface area contributed by atoms with Crippen LogP contribution in [0.4, 0.5) is 5.82 Å². The number of anilines is 1. The van der Waals surface area contributed by atoms with Gasteiger partial charge in [0, 0.05) is 30.8 Å². The molecule has 1 aromatic heterocycles. The number of nitrogens with zero attached hydrogens (tertiary/aromatic N) is 3. The van der Waals surface area contributed by atoms with E-state index in [0.29, 0.717) is 13.1 Å². The smallest absolute Gasteiger partial charge is 0.226 e. The first-order valence-corrected chi connectivity index (χ1v) is 7.56. The van der Waals surface area contributed by atoms with Crippen LogP contribution in [0.2, 0.25) is 0 Å². The molecule has 0 bridgehead atoms. The number of carbonyl (C=O) groups excluding carboxylic acids is 1. The van der Waals surface area contributed by atoms with Crippen LogP contribution < -0.4 is 10.2 Å². The quantitative estimate of drug-likeness (QED) is 0.939. The van der Waals surface area contributed by atoms with E-state index < -0.39 is 0 Å². The first-order valence-electron chi connectivity index (χ1n) is 7.56. The maximum atomic E-state index is 11.9. The highest BCUT2D eigenvalue weighted by Crippen LogP contribution is 2.26. The standard InChI is InChI=1S/C17H20N4O/c1-12(2)20-17(22)14-9-21(10-14)16-8-15(18-11-19-16)13-6-4-3-5-7-13/h3-8,11-12,14H,9-10H2,1-2H3,(H,20,22). The first-order chi connectivity index (χ1) is 10.6. The molecule has 5 nitrogen and oxygen atoms in total. The molecule has 0 spiro atoms. The van der Waals surface area contributed by atoms with Gasteiger partial charge in [-0.15, -0.1) is 0 Å². The molecule has 1 fully saturated rings. The van der Waals surface area contributed by atoms with E-state index in [1.54, 1.807) is 6.33 Å². The minimum Gasteiger partial charge on any atom is -0.355 e. The number of carbonyl (C=O) groups is 1. The molecular formula is C17H20N4O. The molecule has 1 aromatic carbocycles. The lowest BCUT2D eigenvalue weighted by atomic mass is 9.98. The third kappa shape index (κ3) is 3.08. The van der Waals surface area contributed by atoms with Crippen LogP contribution in [-0.2, 0) is 4.79 Å². The molecule has 1 amide bonds. The number of amides is 1. The fourth-order valence-electron chi connectivity index (χ4n) is 2.52. The van der Waals surface area contributed by atoms with E-state index in [1.165, 1.54) is 0 Å². The van der Waals surface area contributed by atoms with Crippen molar-refractivity contribution in [1.82, 2.24) is 15.3 Å². The van der Waals surface area contributed by atoms with Gasteiger partial charge < -0.3 is 10.2 Å². The molecule has 0 atom stereocenters. The summed E-state index contributed by atoms with van der Waals surface area (Å²) < 4.78 is 0. The molecule has 2 aromatic rings. The average molecular weight is 296 g/mol. The van der Waals surface area contributed by atoms with Crippen LogP contribution in [0.5, 0.6) is 0 Å². The summed E-state index contributed by atoms with van der Waals surface area (Å²) in [7, 11) is 0. The number of aromatic nitrogens is 2.